The van der Waals surface area contributed by atoms with E-state index in [0.717, 1.165) is 44.9 Å². The van der Waals surface area contributed by atoms with Crippen molar-refractivity contribution >= 4 is 23.5 Å². The van der Waals surface area contributed by atoms with Crippen LogP contribution < -0.4 is 0 Å². The van der Waals surface area contributed by atoms with E-state index in [2.05, 4.69) is 20.8 Å². The van der Waals surface area contributed by atoms with Gasteiger partial charge < -0.3 is 15.3 Å². The Morgan fingerprint density at radius 2 is 1.89 bits per heavy atom. The summed E-state index contributed by atoms with van der Waals surface area (Å²) in [7, 11) is 0. The quantitative estimate of drug-likeness (QED) is 0.380. The molecule has 158 valence electrons. The van der Waals surface area contributed by atoms with E-state index in [1.165, 1.54) is 0 Å². The Labute approximate surface area is 168 Å². The van der Waals surface area contributed by atoms with Crippen molar-refractivity contribution < 1.29 is 24.9 Å². The van der Waals surface area contributed by atoms with Gasteiger partial charge in [-0.05, 0) is 24.7 Å². The normalized spacial score (nSPS) is 24.3. The number of hydrogen-bond donors (Lipinski definition) is 3. The van der Waals surface area contributed by atoms with Crippen molar-refractivity contribution in [3.05, 3.63) is 0 Å². The minimum absolute atomic E-state index is 0.130. The van der Waals surface area contributed by atoms with Crippen molar-refractivity contribution in [2.24, 2.45) is 11.3 Å². The largest absolute Gasteiger partial charge is 0.481 e. The molecule has 0 spiro atoms. The highest BCUT2D eigenvalue weighted by Gasteiger charge is 2.42. The van der Waals surface area contributed by atoms with Crippen LogP contribution in [0.5, 0.6) is 0 Å². The first-order valence-corrected chi connectivity index (χ1v) is 11.5. The zero-order valence-corrected chi connectivity index (χ0v) is 18.0. The molecule has 0 aliphatic heterocycles. The Balaban J connectivity index is 2.44. The zero-order chi connectivity index (χ0) is 20.4. The molecule has 1 aliphatic carbocycles. The number of aliphatic carboxylic acids is 1. The topological polar surface area (TPSA) is 94.8 Å². The first kappa shape index (κ1) is 24.4. The van der Waals surface area contributed by atoms with Crippen molar-refractivity contribution in [1.29, 1.82) is 0 Å². The summed E-state index contributed by atoms with van der Waals surface area (Å²) < 4.78 is 0. The van der Waals surface area contributed by atoms with E-state index >= 15 is 0 Å². The standard InChI is InChI=1S/C21H38O5S/c1-4-5-12-21(2,3)18(24)14-27-20-15(16(22)13-17(20)23)10-8-6-7-9-11-19(25)26/h15,17-18,20,23-24H,4-14H2,1-3H3,(H,25,26)/t15-,17?,18?,20+/m0/s1. The van der Waals surface area contributed by atoms with E-state index in [1.54, 1.807) is 11.8 Å². The number of carboxylic acids is 1. The second-order valence-corrected chi connectivity index (χ2v) is 9.81. The molecular formula is C21H38O5S. The third kappa shape index (κ3) is 8.53. The molecule has 1 rings (SSSR count). The van der Waals surface area contributed by atoms with Crippen LogP contribution in [0.1, 0.15) is 85.0 Å². The van der Waals surface area contributed by atoms with Gasteiger partial charge in [0.1, 0.15) is 5.78 Å². The predicted octanol–water partition coefficient (Wildman–Crippen LogP) is 4.04. The predicted molar refractivity (Wildman–Crippen MR) is 110 cm³/mol. The fraction of sp³-hybridized carbons (Fsp3) is 0.905. The van der Waals surface area contributed by atoms with E-state index in [0.29, 0.717) is 12.2 Å². The molecule has 5 nitrogen and oxygen atoms in total. The second kappa shape index (κ2) is 12.1. The number of carboxylic acid groups (broad SMARTS) is 1. The minimum Gasteiger partial charge on any atom is -0.481 e. The van der Waals surface area contributed by atoms with Gasteiger partial charge in [0.15, 0.2) is 0 Å². The summed E-state index contributed by atoms with van der Waals surface area (Å²) in [5.41, 5.74) is -0.157. The molecule has 2 unspecified atom stereocenters. The van der Waals surface area contributed by atoms with Crippen LogP contribution in [0.25, 0.3) is 0 Å². The molecule has 0 bridgehead atoms. The average molecular weight is 403 g/mol. The first-order chi connectivity index (χ1) is 12.7. The number of unbranched alkanes of at least 4 members (excludes halogenated alkanes) is 4. The Kier molecular flexibility index (Phi) is 10.9. The lowest BCUT2D eigenvalue weighted by Gasteiger charge is -2.32. The maximum Gasteiger partial charge on any atom is 0.303 e. The third-order valence-electron chi connectivity index (χ3n) is 5.78. The highest BCUT2D eigenvalue weighted by molar-refractivity contribution is 8.00. The Hall–Kier alpha value is -0.590. The first-order valence-electron chi connectivity index (χ1n) is 10.4. The molecule has 0 radical (unpaired) electrons. The Morgan fingerprint density at radius 1 is 1.22 bits per heavy atom. The third-order valence-corrected chi connectivity index (χ3v) is 7.31. The summed E-state index contributed by atoms with van der Waals surface area (Å²) in [5, 5.41) is 29.4. The van der Waals surface area contributed by atoms with Crippen molar-refractivity contribution in [2.45, 2.75) is 102 Å². The molecule has 0 aromatic rings. The van der Waals surface area contributed by atoms with E-state index in [4.69, 9.17) is 5.11 Å². The monoisotopic (exact) mass is 402 g/mol. The van der Waals surface area contributed by atoms with Gasteiger partial charge in [0, 0.05) is 29.8 Å². The SMILES string of the molecule is CCCCC(C)(C)C(O)CS[C@H]1C(O)CC(=O)[C@@H]1CCCCCCC(=O)O. The van der Waals surface area contributed by atoms with Crippen LogP contribution in [0.4, 0.5) is 0 Å². The summed E-state index contributed by atoms with van der Waals surface area (Å²) in [6.45, 7) is 6.31. The molecule has 0 aromatic carbocycles. The van der Waals surface area contributed by atoms with Gasteiger partial charge in [-0.3, -0.25) is 9.59 Å². The van der Waals surface area contributed by atoms with E-state index in [9.17, 15) is 19.8 Å². The summed E-state index contributed by atoms with van der Waals surface area (Å²) in [4.78, 5) is 22.8. The molecular weight excluding hydrogens is 364 g/mol. The molecule has 0 aromatic heterocycles. The fourth-order valence-electron chi connectivity index (χ4n) is 3.70. The van der Waals surface area contributed by atoms with E-state index in [-0.39, 0.29) is 35.2 Å². The van der Waals surface area contributed by atoms with Crippen molar-refractivity contribution in [1.82, 2.24) is 0 Å². The van der Waals surface area contributed by atoms with Gasteiger partial charge in [-0.2, -0.15) is 11.8 Å². The molecule has 6 heteroatoms. The van der Waals surface area contributed by atoms with E-state index < -0.39 is 18.2 Å². The lowest BCUT2D eigenvalue weighted by atomic mass is 9.82. The Bertz CT molecular complexity index is 465. The van der Waals surface area contributed by atoms with Crippen LogP contribution in [0.3, 0.4) is 0 Å². The van der Waals surface area contributed by atoms with Crippen molar-refractivity contribution in [3.63, 3.8) is 0 Å². The van der Waals surface area contributed by atoms with Crippen molar-refractivity contribution in [3.8, 4) is 0 Å². The lowest BCUT2D eigenvalue weighted by Crippen LogP contribution is -2.33. The molecule has 1 aliphatic rings. The maximum absolute atomic E-state index is 12.3. The van der Waals surface area contributed by atoms with Crippen LogP contribution in [0.2, 0.25) is 0 Å². The number of aliphatic hydroxyl groups excluding tert-OH is 2. The minimum atomic E-state index is -0.763. The lowest BCUT2D eigenvalue weighted by molar-refractivity contribution is -0.137. The molecule has 4 atom stereocenters. The molecule has 3 N–H and O–H groups in total. The van der Waals surface area contributed by atoms with Gasteiger partial charge in [-0.1, -0.05) is 52.9 Å². The number of carbonyl (C=O) groups is 2. The average Bonchev–Trinajstić information content (AvgIpc) is 2.86. The van der Waals surface area contributed by atoms with Gasteiger partial charge in [-0.25, -0.2) is 0 Å². The second-order valence-electron chi connectivity index (χ2n) is 8.60. The number of hydrogen-bond acceptors (Lipinski definition) is 5. The molecule has 27 heavy (non-hydrogen) atoms. The molecule has 0 saturated heterocycles. The van der Waals surface area contributed by atoms with Crippen LogP contribution in [0.15, 0.2) is 0 Å². The van der Waals surface area contributed by atoms with Gasteiger partial charge in [0.25, 0.3) is 0 Å². The number of rotatable bonds is 14. The summed E-state index contributed by atoms with van der Waals surface area (Å²) in [6, 6.07) is 0. The molecule has 0 heterocycles. The van der Waals surface area contributed by atoms with Gasteiger partial charge >= 0.3 is 5.97 Å². The zero-order valence-electron chi connectivity index (χ0n) is 17.2. The highest BCUT2D eigenvalue weighted by Crippen LogP contribution is 2.38. The van der Waals surface area contributed by atoms with Crippen LogP contribution >= 0.6 is 11.8 Å². The Morgan fingerprint density at radius 3 is 2.52 bits per heavy atom. The molecule has 1 fully saturated rings. The van der Waals surface area contributed by atoms with Crippen molar-refractivity contribution in [2.75, 3.05) is 5.75 Å². The summed E-state index contributed by atoms with van der Waals surface area (Å²) in [5.74, 6) is -0.234. The molecule has 0 amide bonds. The number of Topliss-reactive ketones (excluding diaryl/α,β-unsaturated/α-hetero) is 1. The number of ketones is 1. The summed E-state index contributed by atoms with van der Waals surface area (Å²) >= 11 is 1.55. The van der Waals surface area contributed by atoms with Gasteiger partial charge in [0.2, 0.25) is 0 Å². The fourth-order valence-corrected chi connectivity index (χ4v) is 5.39. The molecule has 1 saturated carbocycles. The summed E-state index contributed by atoms with van der Waals surface area (Å²) in [6.07, 6.45) is 6.58. The number of thioether (sulfide) groups is 1. The van der Waals surface area contributed by atoms with Gasteiger partial charge in [-0.15, -0.1) is 0 Å². The highest BCUT2D eigenvalue weighted by atomic mass is 32.2. The van der Waals surface area contributed by atoms with Crippen LogP contribution in [-0.4, -0.2) is 50.3 Å². The van der Waals surface area contributed by atoms with Crippen LogP contribution in [0, 0.1) is 11.3 Å². The van der Waals surface area contributed by atoms with Gasteiger partial charge in [0.05, 0.1) is 12.2 Å². The smallest absolute Gasteiger partial charge is 0.303 e. The number of aliphatic hydroxyl groups is 2. The number of carbonyl (C=O) groups excluding carboxylic acids is 1. The maximum atomic E-state index is 12.3. The van der Waals surface area contributed by atoms with E-state index in [1.807, 2.05) is 0 Å². The van der Waals surface area contributed by atoms with Crippen LogP contribution in [-0.2, 0) is 9.59 Å².